The Kier molecular flexibility index (Phi) is 1.00. The number of rotatable bonds is 0. The molecule has 1 N–H and O–H groups in total. The summed E-state index contributed by atoms with van der Waals surface area (Å²) in [7, 11) is 2.09. The van der Waals surface area contributed by atoms with Crippen LogP contribution in [0.5, 0.6) is 0 Å². The first-order valence-electron chi connectivity index (χ1n) is 3.82. The maximum Gasteiger partial charge on any atom is 0.155 e. The van der Waals surface area contributed by atoms with Crippen LogP contribution in [0.2, 0.25) is 1.41 Å². The molecule has 9 heavy (non-hydrogen) atoms. The predicted molar refractivity (Wildman–Crippen MR) is 33.9 cm³/mol. The summed E-state index contributed by atoms with van der Waals surface area (Å²) >= 11 is 0. The number of nitrogens with one attached hydrogen (secondary N) is 1. The molecule has 0 saturated carbocycles. The van der Waals surface area contributed by atoms with E-state index in [4.69, 9.17) is 6.25 Å². The Morgan fingerprint density at radius 2 is 2.67 bits per heavy atom. The van der Waals surface area contributed by atoms with Gasteiger partial charge in [-0.05, 0) is 7.05 Å². The molecule has 0 aromatic carbocycles. The Morgan fingerprint density at radius 1 is 1.78 bits per heavy atom. The SMILES string of the molecule is [3H]N1CC2CN(C)CC2O1. The van der Waals surface area contributed by atoms with Crippen LogP contribution in [0.15, 0.2) is 0 Å². The minimum absolute atomic E-state index is 0.294. The fourth-order valence-electron chi connectivity index (χ4n) is 1.58. The number of hydroxylamine groups is 1. The van der Waals surface area contributed by atoms with E-state index in [0.29, 0.717) is 12.0 Å². The van der Waals surface area contributed by atoms with Crippen LogP contribution in [0, 0.1) is 5.92 Å². The molecular formula is C6H12N2O. The summed E-state index contributed by atoms with van der Waals surface area (Å²) in [4.78, 5) is 7.47. The highest BCUT2D eigenvalue weighted by Gasteiger charge is 2.35. The van der Waals surface area contributed by atoms with Crippen molar-refractivity contribution in [3.63, 3.8) is 0 Å². The minimum Gasteiger partial charge on any atom is -0.303 e. The van der Waals surface area contributed by atoms with E-state index in [2.05, 4.69) is 11.9 Å². The van der Waals surface area contributed by atoms with Crippen molar-refractivity contribution >= 4 is 0 Å². The molecule has 0 amide bonds. The molecular weight excluding hydrogens is 116 g/mol. The lowest BCUT2D eigenvalue weighted by atomic mass is 10.1. The van der Waals surface area contributed by atoms with Gasteiger partial charge in [-0.3, -0.25) is 4.84 Å². The van der Waals surface area contributed by atoms with Gasteiger partial charge < -0.3 is 4.90 Å². The van der Waals surface area contributed by atoms with Crippen LogP contribution >= 0.6 is 0 Å². The molecule has 2 aliphatic rings. The highest BCUT2D eigenvalue weighted by atomic mass is 16.7. The molecule has 2 heterocycles. The third-order valence-corrected chi connectivity index (χ3v) is 2.08. The predicted octanol–water partition coefficient (Wildman–Crippen LogP) is -0.549. The second-order valence-electron chi connectivity index (χ2n) is 2.94. The van der Waals surface area contributed by atoms with Crippen LogP contribution in [0.3, 0.4) is 0 Å². The summed E-state index contributed by atoms with van der Waals surface area (Å²) in [6.07, 6.45) is 0.294. The van der Waals surface area contributed by atoms with E-state index in [1.165, 1.54) is 5.47 Å². The molecule has 0 spiro atoms. The Bertz CT molecular complexity index is 116. The molecule has 0 radical (unpaired) electrons. The first-order valence-corrected chi connectivity index (χ1v) is 3.37. The first kappa shape index (κ1) is 4.66. The lowest BCUT2D eigenvalue weighted by Gasteiger charge is -2.07. The maximum atomic E-state index is 7.19. The molecule has 0 bridgehead atoms. The number of hydrogen-bond acceptors (Lipinski definition) is 3. The maximum absolute atomic E-state index is 7.19. The Labute approximate surface area is 56.4 Å². The minimum atomic E-state index is 0.294. The van der Waals surface area contributed by atoms with Crippen molar-refractivity contribution in [2.24, 2.45) is 5.92 Å². The third-order valence-electron chi connectivity index (χ3n) is 2.08. The van der Waals surface area contributed by atoms with E-state index in [-0.39, 0.29) is 0 Å². The van der Waals surface area contributed by atoms with Crippen molar-refractivity contribution in [2.75, 3.05) is 26.7 Å². The van der Waals surface area contributed by atoms with Crippen LogP contribution in [0.25, 0.3) is 0 Å². The summed E-state index contributed by atoms with van der Waals surface area (Å²) in [5.74, 6) is 0.572. The van der Waals surface area contributed by atoms with E-state index < -0.39 is 0 Å². The Balaban J connectivity index is 2.00. The van der Waals surface area contributed by atoms with Crippen LogP contribution in [-0.2, 0) is 4.84 Å². The van der Waals surface area contributed by atoms with Crippen molar-refractivity contribution < 1.29 is 6.25 Å². The third kappa shape index (κ3) is 0.852. The second kappa shape index (κ2) is 1.94. The first-order chi connectivity index (χ1) is 4.75. The van der Waals surface area contributed by atoms with Gasteiger partial charge in [-0.2, -0.15) is 0 Å². The van der Waals surface area contributed by atoms with Gasteiger partial charge in [-0.15, -0.1) is 0 Å². The highest BCUT2D eigenvalue weighted by Crippen LogP contribution is 2.20. The van der Waals surface area contributed by atoms with E-state index in [1.807, 2.05) is 0 Å². The number of likely N-dealkylation sites (N-methyl/N-ethyl adjacent to an activating group) is 1. The molecule has 2 rings (SSSR count). The molecule has 3 nitrogen and oxygen atoms in total. The molecule has 2 aliphatic heterocycles. The van der Waals surface area contributed by atoms with E-state index in [9.17, 15) is 0 Å². The van der Waals surface area contributed by atoms with Gasteiger partial charge in [0, 0.05) is 25.6 Å². The zero-order valence-corrected chi connectivity index (χ0v) is 5.58. The van der Waals surface area contributed by atoms with E-state index in [0.717, 1.165) is 19.6 Å². The lowest BCUT2D eigenvalue weighted by molar-refractivity contribution is 0.0299. The number of nitrogens with zero attached hydrogens (tertiary/aromatic N) is 1. The summed E-state index contributed by atoms with van der Waals surface area (Å²) in [5, 5.41) is 0. The normalized spacial score (nSPS) is 47.4. The monoisotopic (exact) mass is 130 g/mol. The van der Waals surface area contributed by atoms with E-state index in [1.54, 1.807) is 0 Å². The average Bonchev–Trinajstić information content (AvgIpc) is 2.21. The molecule has 0 aliphatic carbocycles. The molecule has 3 heteroatoms. The number of fused-ring (bicyclic) bond motifs is 1. The fourth-order valence-corrected chi connectivity index (χ4v) is 1.58. The molecule has 52 valence electrons. The van der Waals surface area contributed by atoms with Crippen molar-refractivity contribution in [3.8, 4) is 0 Å². The molecule has 2 atom stereocenters. The quantitative estimate of drug-likeness (QED) is 0.476. The largest absolute Gasteiger partial charge is 0.303 e. The van der Waals surface area contributed by atoms with Crippen LogP contribution in [0.1, 0.15) is 0 Å². The van der Waals surface area contributed by atoms with Crippen molar-refractivity contribution in [1.82, 2.24) is 10.4 Å². The summed E-state index contributed by atoms with van der Waals surface area (Å²) in [5.41, 5.74) is 1.21. The number of hydrogen-bond donors (Lipinski definition) is 1. The van der Waals surface area contributed by atoms with Crippen LogP contribution in [0.4, 0.5) is 0 Å². The molecule has 2 fully saturated rings. The standard InChI is InChI=1S/C6H12N2O/c1-8-3-5-2-7-9-6(5)4-8/h5-7H,2-4H2,1H3/i/hT. The Hall–Kier alpha value is -0.120. The van der Waals surface area contributed by atoms with Crippen LogP contribution < -0.4 is 5.47 Å². The van der Waals surface area contributed by atoms with Gasteiger partial charge in [0.05, 0.1) is 6.10 Å². The van der Waals surface area contributed by atoms with Crippen molar-refractivity contribution in [3.05, 3.63) is 0 Å². The van der Waals surface area contributed by atoms with Crippen LogP contribution in [-0.4, -0.2) is 37.7 Å². The summed E-state index contributed by atoms with van der Waals surface area (Å²) in [6, 6.07) is 0. The van der Waals surface area contributed by atoms with Gasteiger partial charge in [0.1, 0.15) is 0 Å². The highest BCUT2D eigenvalue weighted by molar-refractivity contribution is 4.86. The number of likely N-dealkylation sites (tertiary alicyclic amines) is 1. The van der Waals surface area contributed by atoms with Gasteiger partial charge in [0.25, 0.3) is 0 Å². The second-order valence-corrected chi connectivity index (χ2v) is 2.94. The summed E-state index contributed by atoms with van der Waals surface area (Å²) in [6.45, 7) is 2.84. The average molecular weight is 130 g/mol. The van der Waals surface area contributed by atoms with Gasteiger partial charge in [0.2, 0.25) is 0 Å². The zero-order chi connectivity index (χ0) is 7.14. The van der Waals surface area contributed by atoms with Crippen molar-refractivity contribution in [1.29, 1.82) is 0 Å². The van der Waals surface area contributed by atoms with Gasteiger partial charge in [0.15, 0.2) is 1.41 Å². The van der Waals surface area contributed by atoms with Gasteiger partial charge >= 0.3 is 0 Å². The smallest absolute Gasteiger partial charge is 0.155 e. The van der Waals surface area contributed by atoms with Crippen molar-refractivity contribution in [2.45, 2.75) is 6.10 Å². The van der Waals surface area contributed by atoms with E-state index >= 15 is 0 Å². The Morgan fingerprint density at radius 3 is 3.44 bits per heavy atom. The molecule has 2 unspecified atom stereocenters. The fraction of sp³-hybridized carbons (Fsp3) is 1.00. The summed E-state index contributed by atoms with van der Waals surface area (Å²) < 4.78 is 7.19. The molecule has 2 saturated heterocycles. The molecule has 0 aromatic heterocycles. The topological polar surface area (TPSA) is 24.5 Å². The lowest BCUT2D eigenvalue weighted by Crippen LogP contribution is -2.21. The van der Waals surface area contributed by atoms with Gasteiger partial charge in [-0.25, -0.2) is 5.47 Å². The molecule has 0 aromatic rings. The zero-order valence-electron chi connectivity index (χ0n) is 6.58. The van der Waals surface area contributed by atoms with Gasteiger partial charge in [-0.1, -0.05) is 0 Å².